The second kappa shape index (κ2) is 11.7. The summed E-state index contributed by atoms with van der Waals surface area (Å²) < 4.78 is 1.12. The van der Waals surface area contributed by atoms with Crippen LogP contribution in [0.3, 0.4) is 0 Å². The van der Waals surface area contributed by atoms with E-state index in [1.165, 1.54) is 11.6 Å². The minimum absolute atomic E-state index is 0.262. The largest absolute Gasteiger partial charge is 0.480 e. The van der Waals surface area contributed by atoms with Crippen LogP contribution in [-0.4, -0.2) is 28.9 Å². The van der Waals surface area contributed by atoms with Crippen LogP contribution in [0.1, 0.15) is 53.4 Å². The van der Waals surface area contributed by atoms with Crippen molar-refractivity contribution in [1.29, 1.82) is 0 Å². The number of rotatable bonds is 11. The lowest BCUT2D eigenvalue weighted by Gasteiger charge is -2.18. The Kier molecular flexibility index (Phi) is 10.8. The lowest BCUT2D eigenvalue weighted by atomic mass is 9.87. The monoisotopic (exact) mass is 428 g/mol. The molecule has 4 N–H and O–H groups in total. The number of halogens is 1. The first-order valence-electron chi connectivity index (χ1n) is 8.41. The number of nitrogens with two attached hydrogens (primary N) is 1. The van der Waals surface area contributed by atoms with Gasteiger partial charge in [0, 0.05) is 0 Å². The molecule has 6 nitrogen and oxygen atoms in total. The molecule has 0 bridgehead atoms. The molecule has 0 aromatic heterocycles. The predicted octanol–water partition coefficient (Wildman–Crippen LogP) is 3.43. The van der Waals surface area contributed by atoms with Gasteiger partial charge in [-0.2, -0.15) is 0 Å². The Bertz CT molecular complexity index is 603. The fraction of sp³-hybridized carbons (Fsp3) is 0.526. The Morgan fingerprint density at radius 1 is 1.23 bits per heavy atom. The molecule has 0 aromatic rings. The highest BCUT2D eigenvalue weighted by Gasteiger charge is 2.21. The van der Waals surface area contributed by atoms with Crippen molar-refractivity contribution in [2.24, 2.45) is 11.1 Å². The maximum Gasteiger partial charge on any atom is 0.326 e. The van der Waals surface area contributed by atoms with E-state index >= 15 is 0 Å². The van der Waals surface area contributed by atoms with Gasteiger partial charge in [-0.15, -0.1) is 0 Å². The molecule has 0 saturated heterocycles. The number of allylic oxidation sites excluding steroid dienone is 5. The molecule has 0 saturated carbocycles. The Balaban J connectivity index is 4.66. The third-order valence-corrected chi connectivity index (χ3v) is 3.97. The number of amides is 2. The van der Waals surface area contributed by atoms with Crippen molar-refractivity contribution in [2.75, 3.05) is 0 Å². The van der Waals surface area contributed by atoms with Gasteiger partial charge in [0.2, 0.25) is 11.8 Å². The van der Waals surface area contributed by atoms with Crippen molar-refractivity contribution in [3.8, 4) is 0 Å². The molecule has 146 valence electrons. The van der Waals surface area contributed by atoms with Crippen molar-refractivity contribution in [2.45, 2.75) is 59.4 Å². The predicted molar refractivity (Wildman–Crippen MR) is 107 cm³/mol. The summed E-state index contributed by atoms with van der Waals surface area (Å²) in [7, 11) is 0. The number of carboxylic acid groups (broad SMARTS) is 1. The lowest BCUT2D eigenvalue weighted by Crippen LogP contribution is -2.42. The van der Waals surface area contributed by atoms with E-state index in [9.17, 15) is 14.4 Å². The molecule has 26 heavy (non-hydrogen) atoms. The highest BCUT2D eigenvalue weighted by Crippen LogP contribution is 2.24. The maximum atomic E-state index is 11.9. The molecule has 7 heteroatoms. The molecule has 1 atom stereocenters. The van der Waals surface area contributed by atoms with Crippen LogP contribution in [0.5, 0.6) is 0 Å². The highest BCUT2D eigenvalue weighted by molar-refractivity contribution is 9.11. The van der Waals surface area contributed by atoms with Gasteiger partial charge in [-0.05, 0) is 49.1 Å². The summed E-state index contributed by atoms with van der Waals surface area (Å²) in [5, 5.41) is 11.3. The lowest BCUT2D eigenvalue weighted by molar-refractivity contribution is -0.142. The summed E-state index contributed by atoms with van der Waals surface area (Å²) in [5.74, 6) is -2.64. The van der Waals surface area contributed by atoms with Gasteiger partial charge in [0.25, 0.3) is 0 Å². The molecule has 0 radical (unpaired) electrons. The first-order valence-corrected chi connectivity index (χ1v) is 9.21. The van der Waals surface area contributed by atoms with Gasteiger partial charge in [0.15, 0.2) is 0 Å². The third kappa shape index (κ3) is 12.5. The van der Waals surface area contributed by atoms with Crippen LogP contribution in [0.2, 0.25) is 0 Å². The van der Waals surface area contributed by atoms with Crippen molar-refractivity contribution < 1.29 is 19.5 Å². The molecule has 0 heterocycles. The number of hydrogen-bond acceptors (Lipinski definition) is 3. The molecular formula is C19H29BrN2O4. The van der Waals surface area contributed by atoms with E-state index < -0.39 is 30.2 Å². The number of aliphatic carboxylic acids is 1. The van der Waals surface area contributed by atoms with Crippen LogP contribution in [-0.2, 0) is 14.4 Å². The molecular weight excluding hydrogens is 400 g/mol. The van der Waals surface area contributed by atoms with Gasteiger partial charge in [0.05, 0.1) is 6.42 Å². The molecule has 0 aromatic carbocycles. The van der Waals surface area contributed by atoms with Crippen LogP contribution < -0.4 is 11.1 Å². The van der Waals surface area contributed by atoms with Crippen LogP contribution in [0.25, 0.3) is 0 Å². The topological polar surface area (TPSA) is 109 Å². The molecule has 0 unspecified atom stereocenters. The number of carboxylic acids is 1. The first-order chi connectivity index (χ1) is 11.9. The number of carbonyl (C=O) groups excluding carboxylic acids is 2. The van der Waals surface area contributed by atoms with Gasteiger partial charge in [-0.3, -0.25) is 9.59 Å². The smallest absolute Gasteiger partial charge is 0.326 e. The number of hydrogen-bond donors (Lipinski definition) is 3. The van der Waals surface area contributed by atoms with E-state index in [-0.39, 0.29) is 5.41 Å². The molecule has 2 amide bonds. The van der Waals surface area contributed by atoms with Crippen LogP contribution in [0.15, 0.2) is 34.4 Å². The molecule has 0 aliphatic heterocycles. The average molecular weight is 429 g/mol. The fourth-order valence-corrected chi connectivity index (χ4v) is 2.26. The Labute approximate surface area is 163 Å². The van der Waals surface area contributed by atoms with Crippen molar-refractivity contribution >= 4 is 33.7 Å². The third-order valence-electron chi connectivity index (χ3n) is 3.65. The number of primary amides is 1. The second-order valence-electron chi connectivity index (χ2n) is 6.98. The van der Waals surface area contributed by atoms with Crippen molar-refractivity contribution in [3.63, 3.8) is 0 Å². The normalized spacial score (nSPS) is 14.3. The zero-order valence-electron chi connectivity index (χ0n) is 15.8. The molecule has 0 rings (SSSR count). The summed E-state index contributed by atoms with van der Waals surface area (Å²) >= 11 is 3.40. The van der Waals surface area contributed by atoms with Crippen LogP contribution >= 0.6 is 15.9 Å². The van der Waals surface area contributed by atoms with Gasteiger partial charge >= 0.3 is 5.97 Å². The van der Waals surface area contributed by atoms with E-state index in [1.807, 2.05) is 20.8 Å². The summed E-state index contributed by atoms with van der Waals surface area (Å²) in [5.41, 5.74) is 5.99. The van der Waals surface area contributed by atoms with Gasteiger partial charge in [-0.1, -0.05) is 53.6 Å². The molecule has 0 fully saturated rings. The molecule has 0 aliphatic rings. The van der Waals surface area contributed by atoms with E-state index in [1.54, 1.807) is 6.08 Å². The standard InChI is InChI=1S/C19H29BrN2O4/c1-13(6-5-7-14(2)20)8-10-19(3,4)11-9-17(24)22-15(18(25)26)12-16(21)23/h7-9,11,15H,5-6,10,12H2,1-4H3,(H2,21,23)(H,22,24)(H,25,26)/b11-9+,13-8+,14-7+/t15-/m0/s1. The van der Waals surface area contributed by atoms with E-state index in [2.05, 4.69) is 40.3 Å². The highest BCUT2D eigenvalue weighted by atomic mass is 79.9. The summed E-state index contributed by atoms with van der Waals surface area (Å²) in [6.45, 7) is 8.05. The number of nitrogens with one attached hydrogen (secondary N) is 1. The van der Waals surface area contributed by atoms with Gasteiger partial charge < -0.3 is 16.2 Å². The van der Waals surface area contributed by atoms with E-state index in [0.29, 0.717) is 0 Å². The van der Waals surface area contributed by atoms with Gasteiger partial charge in [0.1, 0.15) is 6.04 Å². The summed E-state index contributed by atoms with van der Waals surface area (Å²) in [6, 6.07) is -1.32. The zero-order chi connectivity index (χ0) is 20.3. The molecule has 0 spiro atoms. The van der Waals surface area contributed by atoms with Crippen molar-refractivity contribution in [1.82, 2.24) is 5.32 Å². The summed E-state index contributed by atoms with van der Waals surface area (Å²) in [6.07, 6.45) is 9.55. The zero-order valence-corrected chi connectivity index (χ0v) is 17.4. The molecule has 0 aliphatic carbocycles. The fourth-order valence-electron chi connectivity index (χ4n) is 2.03. The maximum absolute atomic E-state index is 11.9. The van der Waals surface area contributed by atoms with E-state index in [0.717, 1.165) is 23.7 Å². The Hall–Kier alpha value is -1.89. The number of carbonyl (C=O) groups is 3. The van der Waals surface area contributed by atoms with E-state index in [4.69, 9.17) is 10.8 Å². The average Bonchev–Trinajstić information content (AvgIpc) is 2.50. The summed E-state index contributed by atoms with van der Waals surface area (Å²) in [4.78, 5) is 33.8. The van der Waals surface area contributed by atoms with Crippen LogP contribution in [0.4, 0.5) is 0 Å². The Morgan fingerprint density at radius 3 is 2.35 bits per heavy atom. The van der Waals surface area contributed by atoms with Crippen molar-refractivity contribution in [3.05, 3.63) is 34.4 Å². The second-order valence-corrected chi connectivity index (χ2v) is 8.23. The minimum Gasteiger partial charge on any atom is -0.480 e. The minimum atomic E-state index is -1.32. The quantitative estimate of drug-likeness (QED) is 0.345. The SMILES string of the molecule is C/C(Br)=C\CC/C(C)=C/CC(C)(C)/C=C/C(=O)N[C@@H](CC(N)=O)C(=O)O. The van der Waals surface area contributed by atoms with Crippen LogP contribution in [0, 0.1) is 5.41 Å². The first kappa shape index (κ1) is 24.1. The Morgan fingerprint density at radius 2 is 1.85 bits per heavy atom. The van der Waals surface area contributed by atoms with Gasteiger partial charge in [-0.25, -0.2) is 4.79 Å².